The molecule has 0 bridgehead atoms. The summed E-state index contributed by atoms with van der Waals surface area (Å²) in [6, 6.07) is -0.146. The SMILES string of the molecule is CCC1OC(O)[C@H](C)C(OCC[C@](C)(OC)C(O)C(C)O)C(C)C(O)C(C)CC(C)CNC(C)C(O)[C@@H]1C. The fraction of sp³-hybridized carbons (Fsp3) is 1.00. The predicted molar refractivity (Wildman–Crippen MR) is 149 cm³/mol. The van der Waals surface area contributed by atoms with E-state index in [9.17, 15) is 25.5 Å². The van der Waals surface area contributed by atoms with Crippen molar-refractivity contribution in [1.29, 1.82) is 0 Å². The van der Waals surface area contributed by atoms with Gasteiger partial charge in [0, 0.05) is 43.9 Å². The Bertz CT molecular complexity index is 654. The molecule has 0 spiro atoms. The Balaban J connectivity index is 3.25. The van der Waals surface area contributed by atoms with Gasteiger partial charge in [0.15, 0.2) is 6.29 Å². The summed E-state index contributed by atoms with van der Waals surface area (Å²) in [6.45, 7) is 18.0. The monoisotopic (exact) mass is 549 g/mol. The number of hydrogen-bond donors (Lipinski definition) is 6. The minimum atomic E-state index is -1.17. The average Bonchev–Trinajstić information content (AvgIpc) is 2.89. The molecule has 1 rings (SSSR count). The van der Waals surface area contributed by atoms with E-state index in [0.29, 0.717) is 19.4 Å². The number of ether oxygens (including phenoxy) is 3. The highest BCUT2D eigenvalue weighted by Crippen LogP contribution is 2.32. The van der Waals surface area contributed by atoms with Gasteiger partial charge in [0.25, 0.3) is 0 Å². The molecule has 11 unspecified atom stereocenters. The summed E-state index contributed by atoms with van der Waals surface area (Å²) in [6.07, 6.45) is -3.79. The summed E-state index contributed by atoms with van der Waals surface area (Å²) in [5, 5.41) is 57.4. The first-order valence-corrected chi connectivity index (χ1v) is 14.6. The van der Waals surface area contributed by atoms with E-state index < -0.39 is 48.3 Å². The first-order chi connectivity index (χ1) is 17.6. The van der Waals surface area contributed by atoms with Crippen molar-refractivity contribution in [3.05, 3.63) is 0 Å². The molecule has 0 aromatic carbocycles. The Morgan fingerprint density at radius 1 is 0.974 bits per heavy atom. The van der Waals surface area contributed by atoms with E-state index in [1.165, 1.54) is 14.0 Å². The summed E-state index contributed by atoms with van der Waals surface area (Å²) in [5.74, 6) is -0.755. The van der Waals surface area contributed by atoms with Gasteiger partial charge in [0.2, 0.25) is 0 Å². The maximum Gasteiger partial charge on any atom is 0.159 e. The zero-order chi connectivity index (χ0) is 29.4. The van der Waals surface area contributed by atoms with Crippen molar-refractivity contribution in [2.75, 3.05) is 20.3 Å². The van der Waals surface area contributed by atoms with Crippen LogP contribution in [0.25, 0.3) is 0 Å². The van der Waals surface area contributed by atoms with Crippen LogP contribution in [0.5, 0.6) is 0 Å². The van der Waals surface area contributed by atoms with Crippen LogP contribution in [0.15, 0.2) is 0 Å². The van der Waals surface area contributed by atoms with Gasteiger partial charge < -0.3 is 45.1 Å². The molecule has 0 aromatic rings. The number of aliphatic hydroxyl groups excluding tert-OH is 5. The van der Waals surface area contributed by atoms with E-state index >= 15 is 0 Å². The molecule has 1 fully saturated rings. The lowest BCUT2D eigenvalue weighted by atomic mass is 9.80. The van der Waals surface area contributed by atoms with Crippen LogP contribution >= 0.6 is 0 Å². The molecule has 38 heavy (non-hydrogen) atoms. The van der Waals surface area contributed by atoms with E-state index in [1.807, 2.05) is 41.5 Å². The average molecular weight is 550 g/mol. The van der Waals surface area contributed by atoms with E-state index in [2.05, 4.69) is 12.2 Å². The van der Waals surface area contributed by atoms with Gasteiger partial charge in [-0.1, -0.05) is 41.5 Å². The minimum Gasteiger partial charge on any atom is -0.392 e. The first kappa shape index (κ1) is 35.7. The topological polar surface area (TPSA) is 141 Å². The number of rotatable bonds is 8. The number of nitrogens with one attached hydrogen (secondary N) is 1. The Morgan fingerprint density at radius 2 is 1.58 bits per heavy atom. The van der Waals surface area contributed by atoms with E-state index in [-0.39, 0.29) is 42.4 Å². The number of methoxy groups -OCH3 is 1. The highest BCUT2D eigenvalue weighted by atomic mass is 16.6. The van der Waals surface area contributed by atoms with Crippen LogP contribution in [0.3, 0.4) is 0 Å². The molecule has 1 aliphatic rings. The highest BCUT2D eigenvalue weighted by molar-refractivity contribution is 4.89. The molecule has 0 aliphatic carbocycles. The fourth-order valence-electron chi connectivity index (χ4n) is 5.87. The maximum atomic E-state index is 11.3. The first-order valence-electron chi connectivity index (χ1n) is 14.6. The second-order valence-corrected chi connectivity index (χ2v) is 12.3. The molecule has 1 heterocycles. The summed E-state index contributed by atoms with van der Waals surface area (Å²) in [7, 11) is 1.49. The van der Waals surface area contributed by atoms with Gasteiger partial charge in [-0.15, -0.1) is 0 Å². The van der Waals surface area contributed by atoms with Crippen LogP contribution in [-0.4, -0.2) is 100 Å². The van der Waals surface area contributed by atoms with Crippen molar-refractivity contribution in [1.82, 2.24) is 5.32 Å². The minimum absolute atomic E-state index is 0.0212. The Morgan fingerprint density at radius 3 is 2.11 bits per heavy atom. The van der Waals surface area contributed by atoms with Crippen LogP contribution in [-0.2, 0) is 14.2 Å². The van der Waals surface area contributed by atoms with Crippen LogP contribution < -0.4 is 5.32 Å². The second kappa shape index (κ2) is 16.2. The predicted octanol–water partition coefficient (Wildman–Crippen LogP) is 2.31. The number of aliphatic hydroxyl groups is 5. The molecule has 0 amide bonds. The zero-order valence-electron chi connectivity index (χ0n) is 25.5. The third-order valence-corrected chi connectivity index (χ3v) is 8.98. The van der Waals surface area contributed by atoms with Crippen molar-refractivity contribution >= 4 is 0 Å². The molecular formula is C29H59NO8. The summed E-state index contributed by atoms with van der Waals surface area (Å²) in [4.78, 5) is 0. The van der Waals surface area contributed by atoms with Gasteiger partial charge >= 0.3 is 0 Å². The summed E-state index contributed by atoms with van der Waals surface area (Å²) in [5.41, 5.74) is -1.03. The summed E-state index contributed by atoms with van der Waals surface area (Å²) < 4.78 is 18.0. The molecule has 9 heteroatoms. The van der Waals surface area contributed by atoms with Crippen LogP contribution in [0, 0.1) is 29.6 Å². The Labute approximate surface area is 231 Å². The lowest BCUT2D eigenvalue weighted by Gasteiger charge is -2.39. The molecule has 0 saturated carbocycles. The van der Waals surface area contributed by atoms with E-state index in [1.54, 1.807) is 6.92 Å². The third-order valence-electron chi connectivity index (χ3n) is 8.98. The van der Waals surface area contributed by atoms with Crippen LogP contribution in [0.4, 0.5) is 0 Å². The largest absolute Gasteiger partial charge is 0.392 e. The molecule has 0 radical (unpaired) electrons. The van der Waals surface area contributed by atoms with Crippen molar-refractivity contribution in [2.24, 2.45) is 29.6 Å². The molecule has 14 atom stereocenters. The number of hydrogen-bond acceptors (Lipinski definition) is 9. The van der Waals surface area contributed by atoms with Gasteiger partial charge in [-0.25, -0.2) is 0 Å². The molecule has 0 aromatic heterocycles. The quantitative estimate of drug-likeness (QED) is 0.269. The Kier molecular flexibility index (Phi) is 15.2. The van der Waals surface area contributed by atoms with Crippen molar-refractivity contribution in [2.45, 2.75) is 136 Å². The summed E-state index contributed by atoms with van der Waals surface area (Å²) >= 11 is 0. The fourth-order valence-corrected chi connectivity index (χ4v) is 5.87. The van der Waals surface area contributed by atoms with Crippen molar-refractivity contribution in [3.8, 4) is 0 Å². The van der Waals surface area contributed by atoms with Crippen molar-refractivity contribution in [3.63, 3.8) is 0 Å². The molecular weight excluding hydrogens is 490 g/mol. The van der Waals surface area contributed by atoms with E-state index in [0.717, 1.165) is 6.42 Å². The molecule has 9 nitrogen and oxygen atoms in total. The van der Waals surface area contributed by atoms with Gasteiger partial charge in [-0.3, -0.25) is 0 Å². The lowest BCUT2D eigenvalue weighted by Crippen LogP contribution is -2.49. The lowest BCUT2D eigenvalue weighted by molar-refractivity contribution is -0.216. The Hall–Kier alpha value is -0.360. The van der Waals surface area contributed by atoms with Crippen LogP contribution in [0.1, 0.15) is 81.6 Å². The zero-order valence-corrected chi connectivity index (χ0v) is 25.5. The van der Waals surface area contributed by atoms with Gasteiger partial charge in [-0.05, 0) is 52.0 Å². The van der Waals surface area contributed by atoms with E-state index in [4.69, 9.17) is 14.2 Å². The van der Waals surface area contributed by atoms with Gasteiger partial charge in [0.1, 0.15) is 6.10 Å². The molecule has 6 N–H and O–H groups in total. The maximum absolute atomic E-state index is 11.3. The third kappa shape index (κ3) is 9.63. The molecule has 1 aliphatic heterocycles. The normalized spacial score (nSPS) is 41.9. The van der Waals surface area contributed by atoms with Crippen molar-refractivity contribution < 1.29 is 39.7 Å². The molecule has 1 saturated heterocycles. The van der Waals surface area contributed by atoms with Gasteiger partial charge in [-0.2, -0.15) is 0 Å². The van der Waals surface area contributed by atoms with Crippen LogP contribution in [0.2, 0.25) is 0 Å². The smallest absolute Gasteiger partial charge is 0.159 e. The molecule has 228 valence electrons. The highest BCUT2D eigenvalue weighted by Gasteiger charge is 2.40. The standard InChI is InChI=1S/C29H59NO8/c1-11-23-18(4)25(33)21(7)30-15-16(2)14-17(3)24(32)19(5)26(20(6)28(35)38-23)37-13-12-29(9,36-10)27(34)22(8)31/h16-28,30-35H,11-15H2,1-10H3/t16?,17?,18-,19?,20-,21?,22?,23?,24?,25?,26?,27?,28?,29+/m1/s1. The van der Waals surface area contributed by atoms with Gasteiger partial charge in [0.05, 0.1) is 36.1 Å². The second-order valence-electron chi connectivity index (χ2n) is 12.3.